The van der Waals surface area contributed by atoms with Gasteiger partial charge in [0, 0.05) is 47.4 Å². The quantitative estimate of drug-likeness (QED) is 0.269. The smallest absolute Gasteiger partial charge is 0.293 e. The average Bonchev–Trinajstić information content (AvgIpc) is 3.44. The van der Waals surface area contributed by atoms with Crippen molar-refractivity contribution in [2.24, 2.45) is 0 Å². The van der Waals surface area contributed by atoms with Crippen LogP contribution in [0.3, 0.4) is 0 Å². The summed E-state index contributed by atoms with van der Waals surface area (Å²) in [6, 6.07) is 25.1. The molecule has 3 aromatic carbocycles. The van der Waals surface area contributed by atoms with Crippen LogP contribution in [0, 0.1) is 0 Å². The lowest BCUT2D eigenvalue weighted by atomic mass is 10.1. The summed E-state index contributed by atoms with van der Waals surface area (Å²) in [5, 5.41) is 7.12. The van der Waals surface area contributed by atoms with E-state index in [-0.39, 0.29) is 16.8 Å². The number of hydrogen-bond donors (Lipinski definition) is 2. The van der Waals surface area contributed by atoms with E-state index in [1.165, 1.54) is 0 Å². The van der Waals surface area contributed by atoms with Crippen LogP contribution in [-0.4, -0.2) is 48.0 Å². The molecule has 0 aliphatic carbocycles. The Hall–Kier alpha value is -3.85. The van der Waals surface area contributed by atoms with Crippen LogP contribution in [0.15, 0.2) is 89.3 Å². The third kappa shape index (κ3) is 6.42. The molecule has 0 atom stereocenters. The number of anilines is 2. The van der Waals surface area contributed by atoms with Crippen LogP contribution >= 0.6 is 35.4 Å². The van der Waals surface area contributed by atoms with Gasteiger partial charge in [0.15, 0.2) is 10.9 Å². The summed E-state index contributed by atoms with van der Waals surface area (Å²) >= 11 is 17.4. The first-order valence-corrected chi connectivity index (χ1v) is 13.4. The van der Waals surface area contributed by atoms with Gasteiger partial charge in [0.25, 0.3) is 11.8 Å². The Balaban J connectivity index is 1.19. The molecule has 2 heterocycles. The van der Waals surface area contributed by atoms with Gasteiger partial charge in [-0.05, 0) is 72.9 Å². The van der Waals surface area contributed by atoms with Gasteiger partial charge in [-0.1, -0.05) is 47.5 Å². The second-order valence-electron chi connectivity index (χ2n) is 8.89. The molecule has 1 fully saturated rings. The van der Waals surface area contributed by atoms with Gasteiger partial charge in [-0.2, -0.15) is 0 Å². The van der Waals surface area contributed by atoms with Crippen molar-refractivity contribution >= 4 is 63.7 Å². The topological polar surface area (TPSA) is 77.8 Å². The molecule has 4 aromatic rings. The Kier molecular flexibility index (Phi) is 8.16. The molecule has 5 rings (SSSR count). The Morgan fingerprint density at radius 3 is 2.31 bits per heavy atom. The lowest BCUT2D eigenvalue weighted by Crippen LogP contribution is -2.49. The number of rotatable bonds is 5. The number of piperazine rings is 1. The van der Waals surface area contributed by atoms with Gasteiger partial charge < -0.3 is 19.5 Å². The Bertz CT molecular complexity index is 1510. The average molecular weight is 580 g/mol. The molecule has 2 N–H and O–H groups in total. The number of hydrogen-bond acceptors (Lipinski definition) is 5. The number of carbonyl (C=O) groups is 2. The molecule has 1 aromatic heterocycles. The number of para-hydroxylation sites is 2. The van der Waals surface area contributed by atoms with Crippen LogP contribution in [0.1, 0.15) is 20.9 Å². The van der Waals surface area contributed by atoms with E-state index < -0.39 is 5.91 Å². The molecule has 39 heavy (non-hydrogen) atoms. The summed E-state index contributed by atoms with van der Waals surface area (Å²) in [4.78, 5) is 29.6. The maximum atomic E-state index is 12.9. The molecule has 1 aliphatic rings. The van der Waals surface area contributed by atoms with Crippen LogP contribution in [-0.2, 0) is 0 Å². The number of halogens is 2. The molecule has 7 nitrogen and oxygen atoms in total. The summed E-state index contributed by atoms with van der Waals surface area (Å²) in [6.45, 7) is 2.44. The van der Waals surface area contributed by atoms with Crippen LogP contribution in [0.5, 0.6) is 0 Å². The molecule has 198 valence electrons. The van der Waals surface area contributed by atoms with Gasteiger partial charge in [0.2, 0.25) is 0 Å². The highest BCUT2D eigenvalue weighted by atomic mass is 35.5. The minimum absolute atomic E-state index is 0.0157. The van der Waals surface area contributed by atoms with E-state index in [1.54, 1.807) is 48.5 Å². The molecule has 0 saturated carbocycles. The van der Waals surface area contributed by atoms with Crippen molar-refractivity contribution < 1.29 is 14.0 Å². The first-order valence-electron chi connectivity index (χ1n) is 12.2. The number of nitrogens with zero attached hydrogens (tertiary/aromatic N) is 2. The molecule has 0 bridgehead atoms. The van der Waals surface area contributed by atoms with E-state index in [2.05, 4.69) is 15.5 Å². The molecular formula is C29H24Cl2N4O3S. The van der Waals surface area contributed by atoms with Crippen molar-refractivity contribution in [2.45, 2.75) is 0 Å². The predicted molar refractivity (Wildman–Crippen MR) is 159 cm³/mol. The lowest BCUT2D eigenvalue weighted by molar-refractivity contribution is 0.0746. The number of benzene rings is 3. The normalized spacial score (nSPS) is 13.2. The molecule has 0 radical (unpaired) electrons. The molecule has 1 saturated heterocycles. The molecule has 2 amide bonds. The highest BCUT2D eigenvalue weighted by Crippen LogP contribution is 2.28. The van der Waals surface area contributed by atoms with E-state index in [4.69, 9.17) is 39.8 Å². The SMILES string of the molecule is O=C(NC(=S)Nc1ccccc1N1CCN(C(=O)c2ccc(Cl)cc2)CC1)c1ccc(-c2cccc(Cl)c2)o1. The molecule has 0 spiro atoms. The Morgan fingerprint density at radius 1 is 0.821 bits per heavy atom. The van der Waals surface area contributed by atoms with E-state index in [0.717, 1.165) is 16.9 Å². The van der Waals surface area contributed by atoms with E-state index in [1.807, 2.05) is 41.3 Å². The van der Waals surface area contributed by atoms with Gasteiger partial charge >= 0.3 is 0 Å². The van der Waals surface area contributed by atoms with E-state index in [0.29, 0.717) is 47.5 Å². The van der Waals surface area contributed by atoms with E-state index in [9.17, 15) is 9.59 Å². The summed E-state index contributed by atoms with van der Waals surface area (Å²) in [7, 11) is 0. The fraction of sp³-hybridized carbons (Fsp3) is 0.138. The fourth-order valence-electron chi connectivity index (χ4n) is 4.36. The second kappa shape index (κ2) is 11.9. The first kappa shape index (κ1) is 26.7. The van der Waals surface area contributed by atoms with Crippen molar-refractivity contribution in [3.05, 3.63) is 106 Å². The van der Waals surface area contributed by atoms with E-state index >= 15 is 0 Å². The highest BCUT2D eigenvalue weighted by molar-refractivity contribution is 7.80. The van der Waals surface area contributed by atoms with Gasteiger partial charge in [-0.25, -0.2) is 0 Å². The third-order valence-electron chi connectivity index (χ3n) is 6.32. The summed E-state index contributed by atoms with van der Waals surface area (Å²) in [5.41, 5.74) is 3.06. The largest absolute Gasteiger partial charge is 0.451 e. The zero-order valence-electron chi connectivity index (χ0n) is 20.7. The van der Waals surface area contributed by atoms with Crippen molar-refractivity contribution in [3.8, 4) is 11.3 Å². The Labute approximate surface area is 241 Å². The number of thiocarbonyl (C=S) groups is 1. The maximum Gasteiger partial charge on any atom is 0.293 e. The van der Waals surface area contributed by atoms with Crippen LogP contribution in [0.4, 0.5) is 11.4 Å². The van der Waals surface area contributed by atoms with Gasteiger partial charge in [-0.3, -0.25) is 14.9 Å². The number of furan rings is 1. The van der Waals surface area contributed by atoms with Crippen molar-refractivity contribution in [1.82, 2.24) is 10.2 Å². The zero-order chi connectivity index (χ0) is 27.4. The van der Waals surface area contributed by atoms with Gasteiger partial charge in [0.1, 0.15) is 5.76 Å². The Morgan fingerprint density at radius 2 is 1.56 bits per heavy atom. The van der Waals surface area contributed by atoms with Gasteiger partial charge in [0.05, 0.1) is 11.4 Å². The molecule has 1 aliphatic heterocycles. The summed E-state index contributed by atoms with van der Waals surface area (Å²) in [5.74, 6) is 0.176. The predicted octanol–water partition coefficient (Wildman–Crippen LogP) is 6.34. The van der Waals surface area contributed by atoms with Crippen molar-refractivity contribution in [2.75, 3.05) is 36.4 Å². The lowest BCUT2D eigenvalue weighted by Gasteiger charge is -2.37. The monoisotopic (exact) mass is 578 g/mol. The van der Waals surface area contributed by atoms with Crippen molar-refractivity contribution in [3.63, 3.8) is 0 Å². The minimum Gasteiger partial charge on any atom is -0.451 e. The fourth-order valence-corrected chi connectivity index (χ4v) is 4.87. The maximum absolute atomic E-state index is 12.9. The third-order valence-corrected chi connectivity index (χ3v) is 7.01. The highest BCUT2D eigenvalue weighted by Gasteiger charge is 2.24. The second-order valence-corrected chi connectivity index (χ2v) is 10.2. The number of nitrogens with one attached hydrogen (secondary N) is 2. The van der Waals surface area contributed by atoms with Gasteiger partial charge in [-0.15, -0.1) is 0 Å². The molecule has 10 heteroatoms. The van der Waals surface area contributed by atoms with Crippen LogP contribution < -0.4 is 15.5 Å². The first-order chi connectivity index (χ1) is 18.9. The summed E-state index contributed by atoms with van der Waals surface area (Å²) in [6.07, 6.45) is 0. The summed E-state index contributed by atoms with van der Waals surface area (Å²) < 4.78 is 5.72. The number of carbonyl (C=O) groups excluding carboxylic acids is 2. The zero-order valence-corrected chi connectivity index (χ0v) is 23.0. The molecule has 0 unspecified atom stereocenters. The number of amides is 2. The van der Waals surface area contributed by atoms with Crippen LogP contribution in [0.2, 0.25) is 10.0 Å². The molecular weight excluding hydrogens is 555 g/mol. The minimum atomic E-state index is -0.465. The van der Waals surface area contributed by atoms with Crippen molar-refractivity contribution in [1.29, 1.82) is 0 Å². The standard InChI is InChI=1S/C29H24Cl2N4O3S/c30-21-10-8-19(9-11-21)28(37)35-16-14-34(15-17-35)24-7-2-1-6-23(24)32-29(39)33-27(36)26-13-12-25(38-26)20-4-3-5-22(31)18-20/h1-13,18H,14-17H2,(H2,32,33,36,39). The van der Waals surface area contributed by atoms with Crippen LogP contribution in [0.25, 0.3) is 11.3 Å².